The molecule has 0 radical (unpaired) electrons. The first-order valence-corrected chi connectivity index (χ1v) is 9.85. The summed E-state index contributed by atoms with van der Waals surface area (Å²) in [5.74, 6) is 1.00. The highest BCUT2D eigenvalue weighted by molar-refractivity contribution is 7.98. The van der Waals surface area contributed by atoms with Crippen molar-refractivity contribution in [2.75, 3.05) is 13.1 Å². The lowest BCUT2D eigenvalue weighted by atomic mass is 10.0. The number of hydrogen-bond acceptors (Lipinski definition) is 3. The van der Waals surface area contributed by atoms with E-state index in [9.17, 15) is 4.79 Å². The third kappa shape index (κ3) is 5.26. The Morgan fingerprint density at radius 2 is 1.88 bits per heavy atom. The summed E-state index contributed by atoms with van der Waals surface area (Å²) in [6.45, 7) is 5.80. The van der Waals surface area contributed by atoms with Crippen molar-refractivity contribution < 1.29 is 4.79 Å². The zero-order valence-corrected chi connectivity index (χ0v) is 17.0. The molecule has 1 aliphatic rings. The van der Waals surface area contributed by atoms with Gasteiger partial charge < -0.3 is 10.6 Å². The fourth-order valence-corrected chi connectivity index (χ4v) is 4.15. The molecule has 3 rings (SSSR count). The van der Waals surface area contributed by atoms with E-state index in [0.29, 0.717) is 0 Å². The third-order valence-corrected chi connectivity index (χ3v) is 5.97. The highest BCUT2D eigenvalue weighted by Gasteiger charge is 2.21. The zero-order valence-electron chi connectivity index (χ0n) is 15.4. The van der Waals surface area contributed by atoms with Gasteiger partial charge in [0.05, 0.1) is 0 Å². The minimum Gasteiger partial charge on any atom is -0.339 e. The van der Waals surface area contributed by atoms with Crippen LogP contribution in [0.5, 0.6) is 0 Å². The monoisotopic (exact) mass is 390 g/mol. The van der Waals surface area contributed by atoms with E-state index in [0.717, 1.165) is 37.2 Å². The molecule has 2 aromatic carbocycles. The molecule has 0 bridgehead atoms. The summed E-state index contributed by atoms with van der Waals surface area (Å²) in [5.41, 5.74) is 10.5. The lowest BCUT2D eigenvalue weighted by Gasteiger charge is -2.30. The zero-order chi connectivity index (χ0) is 17.8. The molecule has 0 spiro atoms. The Morgan fingerprint density at radius 3 is 2.58 bits per heavy atom. The van der Waals surface area contributed by atoms with Gasteiger partial charge >= 0.3 is 0 Å². The molecule has 140 valence electrons. The summed E-state index contributed by atoms with van der Waals surface area (Å²) in [5, 5.41) is 0. The van der Waals surface area contributed by atoms with Crippen LogP contribution in [0.4, 0.5) is 0 Å². The number of rotatable bonds is 4. The van der Waals surface area contributed by atoms with Gasteiger partial charge in [0.2, 0.25) is 0 Å². The Morgan fingerprint density at radius 1 is 1.15 bits per heavy atom. The van der Waals surface area contributed by atoms with Gasteiger partial charge in [-0.15, -0.1) is 24.2 Å². The first-order chi connectivity index (χ1) is 12.0. The number of aryl methyl sites for hydroxylation is 2. The standard InChI is InChI=1S/C21H26N2OS.ClH/c1-15-6-7-20(16(2)12-15)25-14-17-4-3-5-18(13-17)21(24)23-10-8-19(22)9-11-23;/h3-7,12-13,19H,8-11,14,22H2,1-2H3;1H. The van der Waals surface area contributed by atoms with E-state index < -0.39 is 0 Å². The summed E-state index contributed by atoms with van der Waals surface area (Å²) in [4.78, 5) is 15.9. The topological polar surface area (TPSA) is 46.3 Å². The second kappa shape index (κ2) is 9.45. The minimum atomic E-state index is 0. The molecule has 2 aromatic rings. The number of benzene rings is 2. The number of thioether (sulfide) groups is 1. The van der Waals surface area contributed by atoms with Crippen molar-refractivity contribution in [3.05, 3.63) is 64.7 Å². The Kier molecular flexibility index (Phi) is 7.56. The SMILES string of the molecule is Cc1ccc(SCc2cccc(C(=O)N3CCC(N)CC3)c2)c(C)c1.Cl. The average Bonchev–Trinajstić information content (AvgIpc) is 2.61. The number of likely N-dealkylation sites (tertiary alicyclic amines) is 1. The van der Waals surface area contributed by atoms with Crippen LogP contribution in [0.15, 0.2) is 47.4 Å². The summed E-state index contributed by atoms with van der Waals surface area (Å²) < 4.78 is 0. The van der Waals surface area contributed by atoms with Crippen LogP contribution in [0.1, 0.15) is 39.9 Å². The van der Waals surface area contributed by atoms with Crippen molar-refractivity contribution in [1.29, 1.82) is 0 Å². The molecule has 2 N–H and O–H groups in total. The summed E-state index contributed by atoms with van der Waals surface area (Å²) in [6.07, 6.45) is 1.79. The van der Waals surface area contributed by atoms with Crippen LogP contribution in [-0.4, -0.2) is 29.9 Å². The maximum Gasteiger partial charge on any atom is 0.253 e. The van der Waals surface area contributed by atoms with Crippen molar-refractivity contribution in [3.63, 3.8) is 0 Å². The van der Waals surface area contributed by atoms with Gasteiger partial charge in [0, 0.05) is 35.3 Å². The van der Waals surface area contributed by atoms with E-state index >= 15 is 0 Å². The number of nitrogens with zero attached hydrogens (tertiary/aromatic N) is 1. The maximum atomic E-state index is 12.7. The van der Waals surface area contributed by atoms with Gasteiger partial charge in [0.25, 0.3) is 5.91 Å². The van der Waals surface area contributed by atoms with E-state index in [2.05, 4.69) is 38.1 Å². The lowest BCUT2D eigenvalue weighted by molar-refractivity contribution is 0.0714. The number of halogens is 1. The van der Waals surface area contributed by atoms with E-state index in [4.69, 9.17) is 5.73 Å². The molecular weight excluding hydrogens is 364 g/mol. The molecule has 0 aliphatic carbocycles. The van der Waals surface area contributed by atoms with Gasteiger partial charge in [-0.1, -0.05) is 29.8 Å². The molecule has 1 fully saturated rings. The van der Waals surface area contributed by atoms with Gasteiger partial charge in [0.15, 0.2) is 0 Å². The molecule has 26 heavy (non-hydrogen) atoms. The molecule has 0 saturated carbocycles. The molecule has 1 saturated heterocycles. The quantitative estimate of drug-likeness (QED) is 0.777. The van der Waals surface area contributed by atoms with Crippen LogP contribution in [0.3, 0.4) is 0 Å². The third-order valence-electron chi connectivity index (χ3n) is 4.73. The first kappa shape index (κ1) is 20.8. The van der Waals surface area contributed by atoms with E-state index in [1.807, 2.05) is 34.9 Å². The molecular formula is C21H27ClN2OS. The Hall–Kier alpha value is -1.49. The van der Waals surface area contributed by atoms with Gasteiger partial charge in [0.1, 0.15) is 0 Å². The van der Waals surface area contributed by atoms with Crippen molar-refractivity contribution in [2.45, 2.75) is 43.4 Å². The Balaban J connectivity index is 0.00000243. The second-order valence-electron chi connectivity index (χ2n) is 6.89. The first-order valence-electron chi connectivity index (χ1n) is 8.87. The summed E-state index contributed by atoms with van der Waals surface area (Å²) in [6, 6.07) is 14.8. The van der Waals surface area contributed by atoms with Gasteiger partial charge in [-0.2, -0.15) is 0 Å². The van der Waals surface area contributed by atoms with E-state index in [-0.39, 0.29) is 24.4 Å². The highest BCUT2D eigenvalue weighted by Crippen LogP contribution is 2.27. The van der Waals surface area contributed by atoms with Crippen LogP contribution in [-0.2, 0) is 5.75 Å². The Bertz CT molecular complexity index is 757. The van der Waals surface area contributed by atoms with Gasteiger partial charge in [-0.25, -0.2) is 0 Å². The molecule has 5 heteroatoms. The maximum absolute atomic E-state index is 12.7. The van der Waals surface area contributed by atoms with Crippen LogP contribution in [0.2, 0.25) is 0 Å². The lowest BCUT2D eigenvalue weighted by Crippen LogP contribution is -2.42. The second-order valence-corrected chi connectivity index (χ2v) is 7.90. The summed E-state index contributed by atoms with van der Waals surface area (Å²) in [7, 11) is 0. The minimum absolute atomic E-state index is 0. The predicted molar refractivity (Wildman–Crippen MR) is 112 cm³/mol. The van der Waals surface area contributed by atoms with Crippen LogP contribution >= 0.6 is 24.2 Å². The van der Waals surface area contributed by atoms with Crippen LogP contribution in [0, 0.1) is 13.8 Å². The number of amides is 1. The molecule has 1 aliphatic heterocycles. The summed E-state index contributed by atoms with van der Waals surface area (Å²) >= 11 is 1.82. The van der Waals surface area contributed by atoms with Crippen LogP contribution in [0.25, 0.3) is 0 Å². The largest absolute Gasteiger partial charge is 0.339 e. The van der Waals surface area contributed by atoms with Crippen LogP contribution < -0.4 is 5.73 Å². The fraction of sp³-hybridized carbons (Fsp3) is 0.381. The van der Waals surface area contributed by atoms with Crippen molar-refractivity contribution in [1.82, 2.24) is 4.90 Å². The number of carbonyl (C=O) groups excluding carboxylic acids is 1. The number of nitrogens with two attached hydrogens (primary N) is 1. The average molecular weight is 391 g/mol. The molecule has 0 aromatic heterocycles. The fourth-order valence-electron chi connectivity index (χ4n) is 3.20. The molecule has 1 heterocycles. The molecule has 1 amide bonds. The number of piperidine rings is 1. The highest BCUT2D eigenvalue weighted by atomic mass is 35.5. The van der Waals surface area contributed by atoms with Gasteiger partial charge in [-0.3, -0.25) is 4.79 Å². The van der Waals surface area contributed by atoms with Gasteiger partial charge in [-0.05, 0) is 56.0 Å². The van der Waals surface area contributed by atoms with E-state index in [1.165, 1.54) is 21.6 Å². The molecule has 0 unspecified atom stereocenters. The smallest absolute Gasteiger partial charge is 0.253 e. The molecule has 0 atom stereocenters. The molecule has 3 nitrogen and oxygen atoms in total. The Labute approximate surface area is 166 Å². The number of carbonyl (C=O) groups is 1. The van der Waals surface area contributed by atoms with Crippen molar-refractivity contribution >= 4 is 30.1 Å². The normalized spacial score (nSPS) is 14.8. The van der Waals surface area contributed by atoms with E-state index in [1.54, 1.807) is 0 Å². The van der Waals surface area contributed by atoms with Crippen molar-refractivity contribution in [2.24, 2.45) is 5.73 Å². The number of hydrogen-bond donors (Lipinski definition) is 1. The predicted octanol–water partition coefficient (Wildman–Crippen LogP) is 4.58. The van der Waals surface area contributed by atoms with Crippen molar-refractivity contribution in [3.8, 4) is 0 Å².